The average Bonchev–Trinajstić information content (AvgIpc) is 2.37. The molecule has 1 aromatic rings. The van der Waals surface area contributed by atoms with Gasteiger partial charge in [0.15, 0.2) is 0 Å². The quantitative estimate of drug-likeness (QED) is 0.794. The predicted molar refractivity (Wildman–Crippen MR) is 70.9 cm³/mol. The van der Waals surface area contributed by atoms with Crippen molar-refractivity contribution in [1.29, 1.82) is 0 Å². The van der Waals surface area contributed by atoms with Gasteiger partial charge in [-0.15, -0.1) is 0 Å². The molecule has 0 saturated carbocycles. The molecule has 0 aliphatic heterocycles. The van der Waals surface area contributed by atoms with Crippen LogP contribution in [0.4, 0.5) is 0 Å². The summed E-state index contributed by atoms with van der Waals surface area (Å²) < 4.78 is 0. The Morgan fingerprint density at radius 2 is 1.78 bits per heavy atom. The van der Waals surface area contributed by atoms with Crippen molar-refractivity contribution in [2.75, 3.05) is 0 Å². The van der Waals surface area contributed by atoms with E-state index in [0.717, 1.165) is 12.0 Å². The first-order chi connectivity index (χ1) is 8.52. The minimum atomic E-state index is -0.587. The SMILES string of the molecule is CCC(C)NC(=O)C(=O)NCc1ccc(C)cc1. The van der Waals surface area contributed by atoms with Crippen molar-refractivity contribution in [3.05, 3.63) is 35.4 Å². The second-order valence-corrected chi connectivity index (χ2v) is 4.45. The van der Waals surface area contributed by atoms with Gasteiger partial charge >= 0.3 is 11.8 Å². The molecule has 1 aromatic carbocycles. The van der Waals surface area contributed by atoms with Gasteiger partial charge in [0, 0.05) is 12.6 Å². The fourth-order valence-electron chi connectivity index (χ4n) is 1.36. The van der Waals surface area contributed by atoms with E-state index in [-0.39, 0.29) is 6.04 Å². The molecule has 0 spiro atoms. The van der Waals surface area contributed by atoms with E-state index < -0.39 is 11.8 Å². The van der Waals surface area contributed by atoms with Crippen LogP contribution in [0.1, 0.15) is 31.4 Å². The predicted octanol–water partition coefficient (Wildman–Crippen LogP) is 1.53. The number of hydrogen-bond donors (Lipinski definition) is 2. The Bertz CT molecular complexity index is 412. The second kappa shape index (κ2) is 6.79. The van der Waals surface area contributed by atoms with Crippen molar-refractivity contribution in [2.45, 2.75) is 39.8 Å². The lowest BCUT2D eigenvalue weighted by molar-refractivity contribution is -0.139. The van der Waals surface area contributed by atoms with Gasteiger partial charge in [-0.05, 0) is 25.8 Å². The third-order valence-electron chi connectivity index (χ3n) is 2.77. The molecule has 4 nitrogen and oxygen atoms in total. The molecular formula is C14H20N2O2. The highest BCUT2D eigenvalue weighted by Crippen LogP contribution is 2.02. The van der Waals surface area contributed by atoms with E-state index in [1.54, 1.807) is 0 Å². The average molecular weight is 248 g/mol. The summed E-state index contributed by atoms with van der Waals surface area (Å²) >= 11 is 0. The third kappa shape index (κ3) is 4.57. The number of aryl methyl sites for hydroxylation is 1. The molecule has 0 saturated heterocycles. The third-order valence-corrected chi connectivity index (χ3v) is 2.77. The first-order valence-electron chi connectivity index (χ1n) is 6.17. The molecule has 0 aliphatic carbocycles. The summed E-state index contributed by atoms with van der Waals surface area (Å²) in [5.41, 5.74) is 2.14. The first kappa shape index (κ1) is 14.2. The Kier molecular flexibility index (Phi) is 5.36. The van der Waals surface area contributed by atoms with Gasteiger partial charge in [-0.3, -0.25) is 9.59 Å². The van der Waals surface area contributed by atoms with E-state index in [1.807, 2.05) is 45.0 Å². The van der Waals surface area contributed by atoms with Crippen LogP contribution in [0.2, 0.25) is 0 Å². The number of carbonyl (C=O) groups excluding carboxylic acids is 2. The molecule has 1 rings (SSSR count). The molecule has 0 heterocycles. The maximum absolute atomic E-state index is 11.5. The fourth-order valence-corrected chi connectivity index (χ4v) is 1.36. The van der Waals surface area contributed by atoms with Crippen LogP contribution in [0, 0.1) is 6.92 Å². The van der Waals surface area contributed by atoms with E-state index in [1.165, 1.54) is 5.56 Å². The van der Waals surface area contributed by atoms with Gasteiger partial charge in [-0.25, -0.2) is 0 Å². The van der Waals surface area contributed by atoms with Crippen molar-refractivity contribution in [2.24, 2.45) is 0 Å². The summed E-state index contributed by atoms with van der Waals surface area (Å²) in [4.78, 5) is 23.0. The van der Waals surface area contributed by atoms with Crippen molar-refractivity contribution in [1.82, 2.24) is 10.6 Å². The van der Waals surface area contributed by atoms with E-state index in [2.05, 4.69) is 10.6 Å². The lowest BCUT2D eigenvalue weighted by atomic mass is 10.1. The Morgan fingerprint density at radius 3 is 2.33 bits per heavy atom. The molecule has 1 atom stereocenters. The molecule has 0 bridgehead atoms. The van der Waals surface area contributed by atoms with E-state index in [0.29, 0.717) is 6.54 Å². The van der Waals surface area contributed by atoms with Crippen LogP contribution in [-0.2, 0) is 16.1 Å². The Hall–Kier alpha value is -1.84. The van der Waals surface area contributed by atoms with E-state index in [9.17, 15) is 9.59 Å². The summed E-state index contributed by atoms with van der Waals surface area (Å²) in [6, 6.07) is 7.83. The molecule has 0 fully saturated rings. The number of rotatable bonds is 4. The van der Waals surface area contributed by atoms with Crippen LogP contribution in [0.3, 0.4) is 0 Å². The van der Waals surface area contributed by atoms with Gasteiger partial charge in [0.05, 0.1) is 0 Å². The van der Waals surface area contributed by atoms with Crippen molar-refractivity contribution in [3.8, 4) is 0 Å². The number of hydrogen-bond acceptors (Lipinski definition) is 2. The molecule has 18 heavy (non-hydrogen) atoms. The number of nitrogens with one attached hydrogen (secondary N) is 2. The van der Waals surface area contributed by atoms with Crippen LogP contribution in [0.25, 0.3) is 0 Å². The smallest absolute Gasteiger partial charge is 0.309 e. The summed E-state index contributed by atoms with van der Waals surface area (Å²) in [6.45, 7) is 6.19. The largest absolute Gasteiger partial charge is 0.345 e. The Balaban J connectivity index is 2.41. The number of benzene rings is 1. The van der Waals surface area contributed by atoms with Gasteiger partial charge in [-0.1, -0.05) is 36.8 Å². The molecular weight excluding hydrogens is 228 g/mol. The van der Waals surface area contributed by atoms with Crippen molar-refractivity contribution in [3.63, 3.8) is 0 Å². The maximum Gasteiger partial charge on any atom is 0.309 e. The zero-order valence-corrected chi connectivity index (χ0v) is 11.1. The topological polar surface area (TPSA) is 58.2 Å². The highest BCUT2D eigenvalue weighted by molar-refractivity contribution is 6.35. The molecule has 1 unspecified atom stereocenters. The normalized spacial score (nSPS) is 11.7. The first-order valence-corrected chi connectivity index (χ1v) is 6.17. The van der Waals surface area contributed by atoms with Crippen molar-refractivity contribution < 1.29 is 9.59 Å². The molecule has 0 aromatic heterocycles. The lowest BCUT2D eigenvalue weighted by Crippen LogP contribution is -2.43. The highest BCUT2D eigenvalue weighted by atomic mass is 16.2. The maximum atomic E-state index is 11.5. The molecule has 4 heteroatoms. The highest BCUT2D eigenvalue weighted by Gasteiger charge is 2.14. The minimum Gasteiger partial charge on any atom is -0.345 e. The van der Waals surface area contributed by atoms with Crippen LogP contribution < -0.4 is 10.6 Å². The standard InChI is InChI=1S/C14H20N2O2/c1-4-11(3)16-14(18)13(17)15-9-12-7-5-10(2)6-8-12/h5-8,11H,4,9H2,1-3H3,(H,15,17)(H,16,18). The summed E-state index contributed by atoms with van der Waals surface area (Å²) in [5, 5.41) is 5.22. The zero-order valence-electron chi connectivity index (χ0n) is 11.1. The minimum absolute atomic E-state index is 0.0163. The van der Waals surface area contributed by atoms with Gasteiger partial charge < -0.3 is 10.6 Å². The fraction of sp³-hybridized carbons (Fsp3) is 0.429. The molecule has 2 N–H and O–H groups in total. The summed E-state index contributed by atoms with van der Waals surface area (Å²) in [6.07, 6.45) is 0.803. The van der Waals surface area contributed by atoms with Gasteiger partial charge in [-0.2, -0.15) is 0 Å². The van der Waals surface area contributed by atoms with Crippen LogP contribution >= 0.6 is 0 Å². The van der Waals surface area contributed by atoms with Crippen LogP contribution in [-0.4, -0.2) is 17.9 Å². The van der Waals surface area contributed by atoms with Crippen LogP contribution in [0.15, 0.2) is 24.3 Å². The van der Waals surface area contributed by atoms with Crippen molar-refractivity contribution >= 4 is 11.8 Å². The lowest BCUT2D eigenvalue weighted by Gasteiger charge is -2.11. The molecule has 0 aliphatic rings. The zero-order chi connectivity index (χ0) is 13.5. The number of carbonyl (C=O) groups is 2. The summed E-state index contributed by atoms with van der Waals surface area (Å²) in [5.74, 6) is -1.16. The molecule has 98 valence electrons. The van der Waals surface area contributed by atoms with Gasteiger partial charge in [0.2, 0.25) is 0 Å². The Morgan fingerprint density at radius 1 is 1.17 bits per heavy atom. The van der Waals surface area contributed by atoms with Crippen LogP contribution in [0.5, 0.6) is 0 Å². The van der Waals surface area contributed by atoms with E-state index in [4.69, 9.17) is 0 Å². The number of amides is 2. The van der Waals surface area contributed by atoms with Gasteiger partial charge in [0.25, 0.3) is 0 Å². The molecule has 0 radical (unpaired) electrons. The Labute approximate surface area is 108 Å². The summed E-state index contributed by atoms with van der Waals surface area (Å²) in [7, 11) is 0. The molecule has 2 amide bonds. The monoisotopic (exact) mass is 248 g/mol. The van der Waals surface area contributed by atoms with Gasteiger partial charge in [0.1, 0.15) is 0 Å². The van der Waals surface area contributed by atoms with E-state index >= 15 is 0 Å². The second-order valence-electron chi connectivity index (χ2n) is 4.45.